The number of anilines is 1. The Labute approximate surface area is 124 Å². The fourth-order valence-corrected chi connectivity index (χ4v) is 2.58. The van der Waals surface area contributed by atoms with Crippen molar-refractivity contribution in [2.24, 2.45) is 0 Å². The lowest BCUT2D eigenvalue weighted by Gasteiger charge is -2.29. The number of nitro benzene ring substituents is 1. The highest BCUT2D eigenvalue weighted by Gasteiger charge is 2.18. The van der Waals surface area contributed by atoms with Gasteiger partial charge in [0.1, 0.15) is 5.69 Å². The van der Waals surface area contributed by atoms with Gasteiger partial charge in [-0.05, 0) is 30.9 Å². The molecule has 1 aliphatic heterocycles. The van der Waals surface area contributed by atoms with Gasteiger partial charge in [0.2, 0.25) is 0 Å². The third-order valence-electron chi connectivity index (χ3n) is 3.79. The van der Waals surface area contributed by atoms with E-state index in [1.165, 1.54) is 0 Å². The van der Waals surface area contributed by atoms with Gasteiger partial charge in [-0.2, -0.15) is 0 Å². The number of nitrogens with one attached hydrogen (secondary N) is 1. The molecule has 1 aromatic carbocycles. The Bertz CT molecular complexity index is 485. The van der Waals surface area contributed by atoms with Crippen molar-refractivity contribution in [3.8, 4) is 0 Å². The number of nitro groups is 1. The van der Waals surface area contributed by atoms with Crippen molar-refractivity contribution in [2.45, 2.75) is 38.8 Å². The first-order valence-electron chi connectivity index (χ1n) is 7.51. The zero-order valence-corrected chi connectivity index (χ0v) is 12.4. The zero-order valence-electron chi connectivity index (χ0n) is 12.4. The molecule has 6 nitrogen and oxygen atoms in total. The summed E-state index contributed by atoms with van der Waals surface area (Å²) >= 11 is 0. The second-order valence-corrected chi connectivity index (χ2v) is 5.54. The normalized spacial score (nSPS) is 16.9. The van der Waals surface area contributed by atoms with E-state index in [9.17, 15) is 15.2 Å². The predicted molar refractivity (Wildman–Crippen MR) is 82.4 cm³/mol. The molecule has 0 atom stereocenters. The molecule has 0 saturated carbocycles. The van der Waals surface area contributed by atoms with E-state index in [1.807, 2.05) is 19.1 Å². The van der Waals surface area contributed by atoms with Gasteiger partial charge in [0.25, 0.3) is 5.69 Å². The van der Waals surface area contributed by atoms with Crippen molar-refractivity contribution >= 4 is 11.4 Å². The maximum Gasteiger partial charge on any atom is 0.292 e. The molecular formula is C15H23N3O3. The largest absolute Gasteiger partial charge is 0.393 e. The molecule has 1 saturated heterocycles. The minimum Gasteiger partial charge on any atom is -0.393 e. The van der Waals surface area contributed by atoms with Crippen LogP contribution in [0.1, 0.15) is 31.7 Å². The Hall–Kier alpha value is -1.66. The molecule has 6 heteroatoms. The average molecular weight is 293 g/mol. The second-order valence-electron chi connectivity index (χ2n) is 5.54. The molecule has 0 amide bonds. The van der Waals surface area contributed by atoms with Gasteiger partial charge < -0.3 is 10.4 Å². The maximum atomic E-state index is 11.0. The summed E-state index contributed by atoms with van der Waals surface area (Å²) in [4.78, 5) is 13.0. The van der Waals surface area contributed by atoms with Gasteiger partial charge in [-0.3, -0.25) is 15.0 Å². The van der Waals surface area contributed by atoms with Crippen LogP contribution in [0.5, 0.6) is 0 Å². The van der Waals surface area contributed by atoms with Crippen molar-refractivity contribution in [3.63, 3.8) is 0 Å². The molecule has 0 aromatic heterocycles. The first kappa shape index (κ1) is 15.7. The minimum atomic E-state index is -0.348. The highest BCUT2D eigenvalue weighted by molar-refractivity contribution is 5.62. The quantitative estimate of drug-likeness (QED) is 0.622. The molecule has 0 aliphatic carbocycles. The SMILES string of the molecule is CCCNc1cc(CN2CCC(O)CC2)ccc1[N+](=O)[O-]. The number of benzene rings is 1. The Morgan fingerprint density at radius 1 is 1.43 bits per heavy atom. The van der Waals surface area contributed by atoms with Gasteiger partial charge in [0.15, 0.2) is 0 Å². The van der Waals surface area contributed by atoms with Crippen LogP contribution in [0, 0.1) is 10.1 Å². The van der Waals surface area contributed by atoms with Crippen LogP contribution in [0.3, 0.4) is 0 Å². The fourth-order valence-electron chi connectivity index (χ4n) is 2.58. The van der Waals surface area contributed by atoms with E-state index in [0.717, 1.165) is 51.0 Å². The average Bonchev–Trinajstić information content (AvgIpc) is 2.47. The van der Waals surface area contributed by atoms with Crippen LogP contribution in [-0.2, 0) is 6.54 Å². The Kier molecular flexibility index (Phi) is 5.52. The number of nitrogens with zero attached hydrogens (tertiary/aromatic N) is 2. The summed E-state index contributed by atoms with van der Waals surface area (Å²) in [5.41, 5.74) is 1.79. The number of likely N-dealkylation sites (tertiary alicyclic amines) is 1. The predicted octanol–water partition coefficient (Wildman–Crippen LogP) is 2.37. The van der Waals surface area contributed by atoms with E-state index in [4.69, 9.17) is 0 Å². The van der Waals surface area contributed by atoms with Crippen molar-refractivity contribution in [3.05, 3.63) is 33.9 Å². The lowest BCUT2D eigenvalue weighted by molar-refractivity contribution is -0.384. The lowest BCUT2D eigenvalue weighted by atomic mass is 10.1. The van der Waals surface area contributed by atoms with Crippen molar-refractivity contribution in [1.29, 1.82) is 0 Å². The Morgan fingerprint density at radius 2 is 2.14 bits per heavy atom. The molecule has 1 aliphatic rings. The molecule has 2 N–H and O–H groups in total. The number of piperidine rings is 1. The van der Waals surface area contributed by atoms with Crippen LogP contribution < -0.4 is 5.32 Å². The van der Waals surface area contributed by atoms with Crippen LogP contribution in [0.4, 0.5) is 11.4 Å². The van der Waals surface area contributed by atoms with E-state index in [2.05, 4.69) is 10.2 Å². The van der Waals surface area contributed by atoms with E-state index in [1.54, 1.807) is 6.07 Å². The number of hydrogen-bond acceptors (Lipinski definition) is 5. The van der Waals surface area contributed by atoms with Crippen LogP contribution in [-0.4, -0.2) is 40.7 Å². The molecule has 0 spiro atoms. The molecule has 1 fully saturated rings. The van der Waals surface area contributed by atoms with E-state index in [0.29, 0.717) is 5.69 Å². The highest BCUT2D eigenvalue weighted by atomic mass is 16.6. The Balaban J connectivity index is 2.07. The number of aliphatic hydroxyl groups is 1. The summed E-state index contributed by atoms with van der Waals surface area (Å²) in [5, 5.41) is 23.7. The Morgan fingerprint density at radius 3 is 2.76 bits per heavy atom. The van der Waals surface area contributed by atoms with Crippen molar-refractivity contribution < 1.29 is 10.0 Å². The van der Waals surface area contributed by atoms with Crippen molar-refractivity contribution in [2.75, 3.05) is 25.0 Å². The van der Waals surface area contributed by atoms with Gasteiger partial charge in [-0.25, -0.2) is 0 Å². The van der Waals surface area contributed by atoms with Gasteiger partial charge in [0.05, 0.1) is 11.0 Å². The molecule has 0 radical (unpaired) electrons. The molecule has 21 heavy (non-hydrogen) atoms. The van der Waals surface area contributed by atoms with Crippen molar-refractivity contribution in [1.82, 2.24) is 4.90 Å². The number of hydrogen-bond donors (Lipinski definition) is 2. The topological polar surface area (TPSA) is 78.6 Å². The summed E-state index contributed by atoms with van der Waals surface area (Å²) in [6, 6.07) is 5.27. The van der Waals surface area contributed by atoms with Gasteiger partial charge in [0, 0.05) is 32.2 Å². The number of aliphatic hydroxyl groups excluding tert-OH is 1. The standard InChI is InChI=1S/C15H23N3O3/c1-2-7-16-14-10-12(3-4-15(14)18(20)21)11-17-8-5-13(19)6-9-17/h3-4,10,13,16,19H,2,5-9,11H2,1H3. The first-order valence-corrected chi connectivity index (χ1v) is 7.51. The van der Waals surface area contributed by atoms with E-state index in [-0.39, 0.29) is 16.7 Å². The molecule has 1 aromatic rings. The summed E-state index contributed by atoms with van der Waals surface area (Å²) in [6.45, 7) is 5.26. The highest BCUT2D eigenvalue weighted by Crippen LogP contribution is 2.26. The third-order valence-corrected chi connectivity index (χ3v) is 3.79. The van der Waals surface area contributed by atoms with Crippen LogP contribution in [0.2, 0.25) is 0 Å². The molecule has 0 unspecified atom stereocenters. The molecule has 2 rings (SSSR count). The second kappa shape index (κ2) is 7.38. The van der Waals surface area contributed by atoms with Gasteiger partial charge in [-0.1, -0.05) is 13.0 Å². The van der Waals surface area contributed by atoms with Gasteiger partial charge in [-0.15, -0.1) is 0 Å². The maximum absolute atomic E-state index is 11.0. The molecule has 116 valence electrons. The first-order chi connectivity index (χ1) is 10.1. The zero-order chi connectivity index (χ0) is 15.2. The number of rotatable bonds is 6. The van der Waals surface area contributed by atoms with Crippen LogP contribution in [0.15, 0.2) is 18.2 Å². The monoisotopic (exact) mass is 293 g/mol. The van der Waals surface area contributed by atoms with Crippen LogP contribution >= 0.6 is 0 Å². The van der Waals surface area contributed by atoms with E-state index >= 15 is 0 Å². The van der Waals surface area contributed by atoms with Gasteiger partial charge >= 0.3 is 0 Å². The summed E-state index contributed by atoms with van der Waals surface area (Å²) in [7, 11) is 0. The van der Waals surface area contributed by atoms with Crippen LogP contribution in [0.25, 0.3) is 0 Å². The summed E-state index contributed by atoms with van der Waals surface area (Å²) in [5.74, 6) is 0. The fraction of sp³-hybridized carbons (Fsp3) is 0.600. The smallest absolute Gasteiger partial charge is 0.292 e. The molecule has 1 heterocycles. The summed E-state index contributed by atoms with van der Waals surface area (Å²) < 4.78 is 0. The molecular weight excluding hydrogens is 270 g/mol. The van der Waals surface area contributed by atoms with E-state index < -0.39 is 0 Å². The minimum absolute atomic E-state index is 0.126. The lowest BCUT2D eigenvalue weighted by Crippen LogP contribution is -2.35. The molecule has 0 bridgehead atoms. The summed E-state index contributed by atoms with van der Waals surface area (Å²) in [6.07, 6.45) is 2.34. The third kappa shape index (κ3) is 4.41.